The molecular formula is C11H12ClN3O2. The molecule has 0 saturated heterocycles. The number of nitrogens with one attached hydrogen (secondary N) is 1. The molecule has 1 heterocycles. The fourth-order valence-electron chi connectivity index (χ4n) is 1.43. The van der Waals surface area contributed by atoms with E-state index in [1.807, 2.05) is 6.07 Å². The summed E-state index contributed by atoms with van der Waals surface area (Å²) in [5, 5.41) is 16.7. The lowest BCUT2D eigenvalue weighted by atomic mass is 10.2. The summed E-state index contributed by atoms with van der Waals surface area (Å²) >= 11 is 5.80. The van der Waals surface area contributed by atoms with Crippen LogP contribution in [-0.4, -0.2) is 21.8 Å². The third-order valence-electron chi connectivity index (χ3n) is 2.31. The lowest BCUT2D eigenvalue weighted by molar-refractivity contribution is 0.374. The number of hydrogen-bond donors (Lipinski definition) is 2. The van der Waals surface area contributed by atoms with Gasteiger partial charge in [0.25, 0.3) is 0 Å². The Kier molecular flexibility index (Phi) is 3.95. The monoisotopic (exact) mass is 253 g/mol. The minimum Gasteiger partial charge on any atom is -0.506 e. The number of rotatable bonds is 5. The van der Waals surface area contributed by atoms with Crippen molar-refractivity contribution in [3.63, 3.8) is 0 Å². The van der Waals surface area contributed by atoms with E-state index >= 15 is 0 Å². The Morgan fingerprint density at radius 1 is 1.41 bits per heavy atom. The fraction of sp³-hybridized carbons (Fsp3) is 0.273. The highest BCUT2D eigenvalue weighted by atomic mass is 35.5. The van der Waals surface area contributed by atoms with E-state index in [9.17, 15) is 5.11 Å². The summed E-state index contributed by atoms with van der Waals surface area (Å²) in [6.45, 7) is 1.23. The van der Waals surface area contributed by atoms with Crippen molar-refractivity contribution in [2.45, 2.75) is 13.0 Å². The molecule has 17 heavy (non-hydrogen) atoms. The van der Waals surface area contributed by atoms with Gasteiger partial charge in [0.05, 0.1) is 5.02 Å². The summed E-state index contributed by atoms with van der Waals surface area (Å²) in [6, 6.07) is 5.27. The van der Waals surface area contributed by atoms with Gasteiger partial charge >= 0.3 is 0 Å². The van der Waals surface area contributed by atoms with E-state index < -0.39 is 0 Å². The molecule has 0 bridgehead atoms. The molecule has 2 N–H and O–H groups in total. The summed E-state index contributed by atoms with van der Waals surface area (Å²) in [4.78, 5) is 3.90. The van der Waals surface area contributed by atoms with Crippen LogP contribution in [0, 0.1) is 0 Å². The molecule has 0 radical (unpaired) electrons. The first-order valence-electron chi connectivity index (χ1n) is 5.20. The minimum atomic E-state index is 0.124. The number of phenolic OH excluding ortho intramolecular Hbond substituents is 1. The zero-order chi connectivity index (χ0) is 12.1. The number of phenols is 1. The molecule has 1 aromatic heterocycles. The molecule has 0 atom stereocenters. The lowest BCUT2D eigenvalue weighted by Crippen LogP contribution is -2.16. The van der Waals surface area contributed by atoms with Crippen LogP contribution in [-0.2, 0) is 13.0 Å². The molecular weight excluding hydrogens is 242 g/mol. The molecule has 90 valence electrons. The average molecular weight is 254 g/mol. The van der Waals surface area contributed by atoms with Crippen molar-refractivity contribution in [3.05, 3.63) is 41.0 Å². The number of aromatic nitrogens is 2. The van der Waals surface area contributed by atoms with Gasteiger partial charge in [-0.05, 0) is 6.07 Å². The number of halogens is 1. The SMILES string of the molecule is Oc1c(Cl)cccc1CNCCc1ncno1. The smallest absolute Gasteiger partial charge is 0.227 e. The Balaban J connectivity index is 1.80. The highest BCUT2D eigenvalue weighted by Gasteiger charge is 2.04. The highest BCUT2D eigenvalue weighted by Crippen LogP contribution is 2.26. The second-order valence-corrected chi connectivity index (χ2v) is 3.92. The summed E-state index contributed by atoms with van der Waals surface area (Å²) in [6.07, 6.45) is 2.03. The number of nitrogens with zero attached hydrogens (tertiary/aromatic N) is 2. The van der Waals surface area contributed by atoms with Crippen molar-refractivity contribution < 1.29 is 9.63 Å². The maximum atomic E-state index is 9.67. The first-order valence-corrected chi connectivity index (χ1v) is 5.58. The van der Waals surface area contributed by atoms with E-state index in [0.717, 1.165) is 5.56 Å². The van der Waals surface area contributed by atoms with Crippen LogP contribution in [0.1, 0.15) is 11.5 Å². The van der Waals surface area contributed by atoms with Gasteiger partial charge < -0.3 is 14.9 Å². The van der Waals surface area contributed by atoms with Gasteiger partial charge in [0, 0.05) is 25.1 Å². The summed E-state index contributed by atoms with van der Waals surface area (Å²) in [5.41, 5.74) is 0.767. The van der Waals surface area contributed by atoms with Crippen LogP contribution < -0.4 is 5.32 Å². The Labute approximate surface area is 103 Å². The van der Waals surface area contributed by atoms with Crippen molar-refractivity contribution in [3.8, 4) is 5.75 Å². The third-order valence-corrected chi connectivity index (χ3v) is 2.61. The quantitative estimate of drug-likeness (QED) is 0.795. The van der Waals surface area contributed by atoms with E-state index in [2.05, 4.69) is 15.5 Å². The molecule has 0 aliphatic rings. The van der Waals surface area contributed by atoms with Gasteiger partial charge in [-0.25, -0.2) is 0 Å². The van der Waals surface area contributed by atoms with E-state index in [0.29, 0.717) is 30.4 Å². The second kappa shape index (κ2) is 5.65. The second-order valence-electron chi connectivity index (χ2n) is 3.51. The molecule has 0 aliphatic carbocycles. The van der Waals surface area contributed by atoms with Crippen LogP contribution >= 0.6 is 11.6 Å². The molecule has 1 aromatic carbocycles. The molecule has 0 amide bonds. The number of aromatic hydroxyl groups is 1. The Bertz CT molecular complexity index is 474. The lowest BCUT2D eigenvalue weighted by Gasteiger charge is -2.06. The summed E-state index contributed by atoms with van der Waals surface area (Å²) in [7, 11) is 0. The van der Waals surface area contributed by atoms with Crippen molar-refractivity contribution >= 4 is 11.6 Å². The Morgan fingerprint density at radius 3 is 3.06 bits per heavy atom. The van der Waals surface area contributed by atoms with Crippen molar-refractivity contribution in [2.24, 2.45) is 0 Å². The molecule has 0 unspecified atom stereocenters. The number of benzene rings is 1. The molecule has 0 spiro atoms. The predicted molar refractivity (Wildman–Crippen MR) is 62.8 cm³/mol. The molecule has 0 fully saturated rings. The van der Waals surface area contributed by atoms with Gasteiger partial charge in [-0.1, -0.05) is 28.9 Å². The van der Waals surface area contributed by atoms with E-state index in [1.54, 1.807) is 12.1 Å². The zero-order valence-corrected chi connectivity index (χ0v) is 9.81. The topological polar surface area (TPSA) is 71.2 Å². The van der Waals surface area contributed by atoms with Crippen LogP contribution in [0.2, 0.25) is 5.02 Å². The zero-order valence-electron chi connectivity index (χ0n) is 9.06. The standard InChI is InChI=1S/C11H12ClN3O2/c12-9-3-1-2-8(11(9)16)6-13-5-4-10-14-7-15-17-10/h1-3,7,13,16H,4-6H2. The summed E-state index contributed by atoms with van der Waals surface area (Å²) in [5.74, 6) is 0.715. The maximum absolute atomic E-state index is 9.67. The summed E-state index contributed by atoms with van der Waals surface area (Å²) < 4.78 is 4.86. The van der Waals surface area contributed by atoms with E-state index in [-0.39, 0.29) is 5.75 Å². The van der Waals surface area contributed by atoms with Crippen LogP contribution in [0.5, 0.6) is 5.75 Å². The normalized spacial score (nSPS) is 10.6. The number of para-hydroxylation sites is 1. The minimum absolute atomic E-state index is 0.124. The van der Waals surface area contributed by atoms with Crippen LogP contribution in [0.4, 0.5) is 0 Å². The van der Waals surface area contributed by atoms with Gasteiger partial charge in [0.15, 0.2) is 6.33 Å². The molecule has 6 heteroatoms. The predicted octanol–water partition coefficient (Wildman–Crippen LogP) is 1.76. The average Bonchev–Trinajstić information content (AvgIpc) is 2.83. The first-order chi connectivity index (χ1) is 8.27. The van der Waals surface area contributed by atoms with Gasteiger partial charge in [-0.2, -0.15) is 4.98 Å². The first kappa shape index (κ1) is 11.9. The van der Waals surface area contributed by atoms with Crippen molar-refractivity contribution in [1.29, 1.82) is 0 Å². The Hall–Kier alpha value is -1.59. The van der Waals surface area contributed by atoms with Gasteiger partial charge in [0.2, 0.25) is 5.89 Å². The van der Waals surface area contributed by atoms with Crippen molar-refractivity contribution in [2.75, 3.05) is 6.54 Å². The molecule has 5 nitrogen and oxygen atoms in total. The van der Waals surface area contributed by atoms with Crippen LogP contribution in [0.3, 0.4) is 0 Å². The van der Waals surface area contributed by atoms with Gasteiger partial charge in [0.1, 0.15) is 5.75 Å². The fourth-order valence-corrected chi connectivity index (χ4v) is 1.62. The molecule has 0 aliphatic heterocycles. The van der Waals surface area contributed by atoms with Gasteiger partial charge in [-0.3, -0.25) is 0 Å². The number of hydrogen-bond acceptors (Lipinski definition) is 5. The molecule has 2 rings (SSSR count). The largest absolute Gasteiger partial charge is 0.506 e. The molecule has 0 saturated carbocycles. The highest BCUT2D eigenvalue weighted by molar-refractivity contribution is 6.32. The van der Waals surface area contributed by atoms with Crippen molar-refractivity contribution in [1.82, 2.24) is 15.5 Å². The third kappa shape index (κ3) is 3.18. The van der Waals surface area contributed by atoms with E-state index in [1.165, 1.54) is 6.33 Å². The van der Waals surface area contributed by atoms with Crippen LogP contribution in [0.25, 0.3) is 0 Å². The van der Waals surface area contributed by atoms with Gasteiger partial charge in [-0.15, -0.1) is 0 Å². The van der Waals surface area contributed by atoms with Crippen LogP contribution in [0.15, 0.2) is 29.0 Å². The Morgan fingerprint density at radius 2 is 2.29 bits per heavy atom. The van der Waals surface area contributed by atoms with E-state index in [4.69, 9.17) is 16.1 Å². The molecule has 2 aromatic rings. The maximum Gasteiger partial charge on any atom is 0.227 e.